The maximum Gasteiger partial charge on any atom is 0.410 e. The number of hydrogen-bond acceptors (Lipinski definition) is 8. The van der Waals surface area contributed by atoms with Gasteiger partial charge in [0.25, 0.3) is 0 Å². The van der Waals surface area contributed by atoms with Crippen LogP contribution in [0, 0.1) is 5.82 Å². The Hall–Kier alpha value is -3.67. The fourth-order valence-corrected chi connectivity index (χ4v) is 9.07. The number of fused-ring (bicyclic) bond motifs is 4. The third-order valence-corrected chi connectivity index (χ3v) is 16.2. The molecule has 12 heteroatoms. The van der Waals surface area contributed by atoms with Crippen LogP contribution in [-0.4, -0.2) is 91.2 Å². The molecule has 3 aliphatic heterocycles. The summed E-state index contributed by atoms with van der Waals surface area (Å²) < 4.78 is 36.3. The van der Waals surface area contributed by atoms with Crippen LogP contribution in [0.5, 0.6) is 11.8 Å². The SMILES string of the molecule is CN1CCC[C@H]1COc1nc(N2CC3CCC(C2)N3C(=O)OC(C)(C)C)c2cc(Cl)c(-c3cc(O[Si](C)(C)C(C)(C)C)cc4ccccc34)c(F)c2n1. The lowest BCUT2D eigenvalue weighted by Crippen LogP contribution is -2.57. The van der Waals surface area contributed by atoms with Gasteiger partial charge in [-0.25, -0.2) is 9.18 Å². The number of ether oxygens (including phenoxy) is 2. The molecule has 4 aromatic rings. The Balaban J connectivity index is 1.34. The summed E-state index contributed by atoms with van der Waals surface area (Å²) in [6.45, 7) is 19.1. The van der Waals surface area contributed by atoms with Gasteiger partial charge in [-0.2, -0.15) is 9.97 Å². The maximum atomic E-state index is 17.5. The molecule has 1 aromatic heterocycles. The number of nitrogens with zero attached hydrogens (tertiary/aromatic N) is 5. The highest BCUT2D eigenvalue weighted by Crippen LogP contribution is 2.45. The maximum absolute atomic E-state index is 17.5. The molecule has 3 fully saturated rings. The zero-order chi connectivity index (χ0) is 38.0. The number of carbonyl (C=O) groups is 1. The van der Waals surface area contributed by atoms with Gasteiger partial charge < -0.3 is 23.7 Å². The lowest BCUT2D eigenvalue weighted by atomic mass is 9.96. The number of halogens is 2. The van der Waals surface area contributed by atoms with Crippen molar-refractivity contribution in [2.75, 3.05) is 38.2 Å². The molecule has 7 rings (SSSR count). The van der Waals surface area contributed by atoms with Crippen LogP contribution in [0.3, 0.4) is 0 Å². The Morgan fingerprint density at radius 2 is 1.68 bits per heavy atom. The van der Waals surface area contributed by atoms with Crippen LogP contribution in [0.15, 0.2) is 42.5 Å². The van der Waals surface area contributed by atoms with Crippen molar-refractivity contribution in [3.05, 3.63) is 53.3 Å². The number of likely N-dealkylation sites (N-methyl/N-ethyl adjacent to an activating group) is 1. The largest absolute Gasteiger partial charge is 0.543 e. The molecule has 3 aromatic carbocycles. The molecule has 3 saturated heterocycles. The first-order chi connectivity index (χ1) is 24.9. The number of piperazine rings is 1. The van der Waals surface area contributed by atoms with Gasteiger partial charge in [0.05, 0.1) is 17.1 Å². The second-order valence-corrected chi connectivity index (χ2v) is 22.7. The molecule has 3 aliphatic rings. The van der Waals surface area contributed by atoms with E-state index in [4.69, 9.17) is 35.5 Å². The van der Waals surface area contributed by atoms with E-state index < -0.39 is 19.7 Å². The number of carbonyl (C=O) groups excluding carboxylic acids is 1. The number of amides is 1. The van der Waals surface area contributed by atoms with Crippen molar-refractivity contribution >= 4 is 53.5 Å². The van der Waals surface area contributed by atoms with Crippen molar-refractivity contribution in [2.24, 2.45) is 0 Å². The fraction of sp³-hybridized carbons (Fsp3) is 0.537. The molecule has 3 atom stereocenters. The Morgan fingerprint density at radius 1 is 0.981 bits per heavy atom. The normalized spacial score (nSPS) is 21.2. The molecule has 1 amide bonds. The van der Waals surface area contributed by atoms with Crippen LogP contribution >= 0.6 is 11.6 Å². The van der Waals surface area contributed by atoms with Gasteiger partial charge in [-0.15, -0.1) is 0 Å². The third-order valence-electron chi connectivity index (χ3n) is 11.6. The molecule has 0 N–H and O–H groups in total. The summed E-state index contributed by atoms with van der Waals surface area (Å²) in [5, 5.41) is 2.52. The second kappa shape index (κ2) is 13.9. The van der Waals surface area contributed by atoms with Crippen LogP contribution in [0.2, 0.25) is 23.2 Å². The molecule has 2 bridgehead atoms. The predicted molar refractivity (Wildman–Crippen MR) is 214 cm³/mol. The van der Waals surface area contributed by atoms with Crippen molar-refractivity contribution in [3.8, 4) is 22.9 Å². The smallest absolute Gasteiger partial charge is 0.410 e. The number of rotatable bonds is 7. The highest BCUT2D eigenvalue weighted by atomic mass is 35.5. The topological polar surface area (TPSA) is 80.3 Å². The van der Waals surface area contributed by atoms with Crippen molar-refractivity contribution in [3.63, 3.8) is 0 Å². The van der Waals surface area contributed by atoms with Crippen LogP contribution in [0.25, 0.3) is 32.8 Å². The van der Waals surface area contributed by atoms with Gasteiger partial charge in [-0.05, 0) is 113 Å². The van der Waals surface area contributed by atoms with Crippen LogP contribution < -0.4 is 14.1 Å². The minimum atomic E-state index is -2.22. The number of likely N-dealkylation sites (tertiary alicyclic amines) is 1. The van der Waals surface area contributed by atoms with Gasteiger partial charge >= 0.3 is 12.1 Å². The monoisotopic (exact) mass is 761 g/mol. The van der Waals surface area contributed by atoms with E-state index in [-0.39, 0.29) is 51.4 Å². The van der Waals surface area contributed by atoms with Crippen molar-refractivity contribution in [2.45, 2.75) is 109 Å². The minimum absolute atomic E-state index is 0.0282. The first-order valence-corrected chi connectivity index (χ1v) is 22.2. The molecule has 2 unspecified atom stereocenters. The predicted octanol–water partition coefficient (Wildman–Crippen LogP) is 9.69. The second-order valence-electron chi connectivity index (χ2n) is 17.6. The van der Waals surface area contributed by atoms with E-state index in [2.05, 4.69) is 50.7 Å². The molecule has 9 nitrogen and oxygen atoms in total. The fourth-order valence-electron chi connectivity index (χ4n) is 7.76. The quantitative estimate of drug-likeness (QED) is 0.172. The van der Waals surface area contributed by atoms with E-state index in [1.807, 2.05) is 62.1 Å². The average Bonchev–Trinajstić information content (AvgIpc) is 3.60. The molecule has 4 heterocycles. The van der Waals surface area contributed by atoms with E-state index in [1.54, 1.807) is 6.07 Å². The van der Waals surface area contributed by atoms with Gasteiger partial charge in [-0.1, -0.05) is 56.6 Å². The molecular formula is C41H53ClFN5O4Si. The van der Waals surface area contributed by atoms with E-state index in [0.717, 1.165) is 43.0 Å². The molecule has 0 radical (unpaired) electrons. The summed E-state index contributed by atoms with van der Waals surface area (Å²) >= 11 is 7.16. The number of hydrogen-bond donors (Lipinski definition) is 0. The van der Waals surface area contributed by atoms with Gasteiger partial charge in [0.2, 0.25) is 8.32 Å². The summed E-state index contributed by atoms with van der Waals surface area (Å²) in [4.78, 5) is 29.3. The van der Waals surface area contributed by atoms with E-state index in [1.165, 1.54) is 0 Å². The van der Waals surface area contributed by atoms with Crippen LogP contribution in [0.1, 0.15) is 67.2 Å². The van der Waals surface area contributed by atoms with Gasteiger partial charge in [0.1, 0.15) is 29.3 Å². The first-order valence-electron chi connectivity index (χ1n) is 18.9. The summed E-state index contributed by atoms with van der Waals surface area (Å²) in [5.41, 5.74) is 0.451. The summed E-state index contributed by atoms with van der Waals surface area (Å²) in [7, 11) is -0.131. The zero-order valence-electron chi connectivity index (χ0n) is 32.6. The molecule has 284 valence electrons. The van der Waals surface area contributed by atoms with Crippen molar-refractivity contribution in [1.29, 1.82) is 0 Å². The van der Waals surface area contributed by atoms with Crippen molar-refractivity contribution < 1.29 is 23.1 Å². The summed E-state index contributed by atoms with van der Waals surface area (Å²) in [5.74, 6) is 0.703. The molecule has 0 saturated carbocycles. The lowest BCUT2D eigenvalue weighted by Gasteiger charge is -2.42. The highest BCUT2D eigenvalue weighted by Gasteiger charge is 2.45. The minimum Gasteiger partial charge on any atom is -0.543 e. The highest BCUT2D eigenvalue weighted by molar-refractivity contribution is 6.74. The van der Waals surface area contributed by atoms with Gasteiger partial charge in [0.15, 0.2) is 5.82 Å². The van der Waals surface area contributed by atoms with E-state index in [0.29, 0.717) is 42.2 Å². The molecule has 0 aliphatic carbocycles. The number of anilines is 1. The van der Waals surface area contributed by atoms with Crippen LogP contribution in [-0.2, 0) is 4.74 Å². The molecule has 0 spiro atoms. The van der Waals surface area contributed by atoms with Gasteiger partial charge in [0, 0.05) is 30.1 Å². The summed E-state index contributed by atoms with van der Waals surface area (Å²) in [6, 6.07) is 13.9. The van der Waals surface area contributed by atoms with Crippen LogP contribution in [0.4, 0.5) is 15.0 Å². The van der Waals surface area contributed by atoms with E-state index >= 15 is 4.39 Å². The van der Waals surface area contributed by atoms with Crippen molar-refractivity contribution in [1.82, 2.24) is 19.8 Å². The molecule has 53 heavy (non-hydrogen) atoms. The number of aromatic nitrogens is 2. The van der Waals surface area contributed by atoms with Gasteiger partial charge in [-0.3, -0.25) is 4.90 Å². The Bertz CT molecular complexity index is 2040. The Kier molecular flexibility index (Phi) is 9.85. The Morgan fingerprint density at radius 3 is 2.32 bits per heavy atom. The average molecular weight is 762 g/mol. The van der Waals surface area contributed by atoms with E-state index in [9.17, 15) is 4.79 Å². The summed E-state index contributed by atoms with van der Waals surface area (Å²) in [6.07, 6.45) is 3.51. The Labute approximate surface area is 318 Å². The zero-order valence-corrected chi connectivity index (χ0v) is 34.3. The number of benzene rings is 3. The third kappa shape index (κ3) is 7.41. The molecular weight excluding hydrogens is 709 g/mol. The standard InChI is InChI=1S/C41H53ClFN5O4Si/c1-40(2,3)51-39(49)48-26-16-17-27(48)23-47(22-26)37-32-21-33(42)34(35(43)36(32)44-38(45-37)50-24-28-14-12-18-46(28)7)31-20-29(52-53(8,9)41(4,5)6)19-25-13-10-11-15-30(25)31/h10-11,13,15,19-21,26-28H,12,14,16-18,22-24H2,1-9H3/t26?,27?,28-/m0/s1. The first kappa shape index (κ1) is 37.6. The lowest BCUT2D eigenvalue weighted by molar-refractivity contribution is 0.0122.